The van der Waals surface area contributed by atoms with E-state index in [1.54, 1.807) is 25.7 Å². The summed E-state index contributed by atoms with van der Waals surface area (Å²) in [5.41, 5.74) is 2.87. The number of nitrogens with one attached hydrogen (secondary N) is 1. The third kappa shape index (κ3) is 6.13. The van der Waals surface area contributed by atoms with Gasteiger partial charge in [0.05, 0.1) is 43.9 Å². The molecule has 1 N–H and O–H groups in total. The van der Waals surface area contributed by atoms with Crippen LogP contribution >= 0.6 is 0 Å². The Morgan fingerprint density at radius 1 is 1.23 bits per heavy atom. The number of aromatic nitrogens is 3. The summed E-state index contributed by atoms with van der Waals surface area (Å²) in [5.74, 6) is 7.91. The van der Waals surface area contributed by atoms with Crippen molar-refractivity contribution in [3.8, 4) is 17.7 Å². The number of rotatable bonds is 8. The highest BCUT2D eigenvalue weighted by molar-refractivity contribution is 7.86. The molecule has 0 radical (unpaired) electrons. The number of anilines is 2. The van der Waals surface area contributed by atoms with E-state index in [1.807, 2.05) is 6.92 Å². The lowest BCUT2D eigenvalue weighted by atomic mass is 10.1. The van der Waals surface area contributed by atoms with Crippen molar-refractivity contribution in [1.29, 1.82) is 0 Å². The van der Waals surface area contributed by atoms with Crippen molar-refractivity contribution in [1.82, 2.24) is 15.0 Å². The van der Waals surface area contributed by atoms with E-state index in [-0.39, 0.29) is 0 Å². The largest absolute Gasteiger partial charge is 0.480 e. The number of hydrogen-bond acceptors (Lipinski definition) is 8. The Morgan fingerprint density at radius 2 is 2.03 bits per heavy atom. The first-order chi connectivity index (χ1) is 15.2. The van der Waals surface area contributed by atoms with Gasteiger partial charge in [-0.2, -0.15) is 0 Å². The third-order valence-electron chi connectivity index (χ3n) is 4.62. The summed E-state index contributed by atoms with van der Waals surface area (Å²) in [7, 11) is 1.76. The molecule has 0 amide bonds. The number of ether oxygens (including phenoxy) is 3. The molecule has 9 nitrogen and oxygen atoms in total. The molecule has 1 atom stereocenters. The van der Waals surface area contributed by atoms with Gasteiger partial charge >= 0.3 is 0 Å². The van der Waals surface area contributed by atoms with Gasteiger partial charge < -0.3 is 23.8 Å². The molecule has 0 aromatic carbocycles. The van der Waals surface area contributed by atoms with E-state index >= 15 is 0 Å². The molecule has 3 rings (SSSR count). The van der Waals surface area contributed by atoms with Crippen LogP contribution in [0.3, 0.4) is 0 Å². The van der Waals surface area contributed by atoms with Crippen LogP contribution in [0.25, 0.3) is 0 Å². The fourth-order valence-corrected chi connectivity index (χ4v) is 3.86. The van der Waals surface area contributed by atoms with Gasteiger partial charge in [0.25, 0.3) is 0 Å². The topological polar surface area (TPSA) is 98.7 Å². The highest BCUT2D eigenvalue weighted by Gasteiger charge is 2.18. The van der Waals surface area contributed by atoms with Crippen LogP contribution in [-0.4, -0.2) is 72.0 Å². The van der Waals surface area contributed by atoms with Gasteiger partial charge in [-0.05, 0) is 12.5 Å². The molecule has 2 aromatic rings. The summed E-state index contributed by atoms with van der Waals surface area (Å²) in [6.07, 6.45) is 3.95. The van der Waals surface area contributed by atoms with Crippen molar-refractivity contribution >= 4 is 22.5 Å². The van der Waals surface area contributed by atoms with Crippen molar-refractivity contribution in [3.05, 3.63) is 35.4 Å². The zero-order valence-electron chi connectivity index (χ0n) is 18.0. The molecule has 1 saturated heterocycles. The van der Waals surface area contributed by atoms with E-state index in [9.17, 15) is 4.21 Å². The fourth-order valence-electron chi connectivity index (χ4n) is 3.05. The lowest BCUT2D eigenvalue weighted by Crippen LogP contribution is -2.37. The van der Waals surface area contributed by atoms with Gasteiger partial charge in [-0.15, -0.1) is 0 Å². The summed E-state index contributed by atoms with van der Waals surface area (Å²) in [6.45, 7) is 5.28. The molecular formula is C21H27N5O4S. The Bertz CT molecular complexity index is 970. The zero-order chi connectivity index (χ0) is 22.1. The molecule has 10 heteroatoms. The minimum atomic E-state index is -1.32. The second kappa shape index (κ2) is 11.6. The molecule has 2 aromatic heterocycles. The maximum atomic E-state index is 12.2. The molecule has 0 bridgehead atoms. The lowest BCUT2D eigenvalue weighted by Gasteiger charge is -2.28. The Balaban J connectivity index is 1.91. The minimum Gasteiger partial charge on any atom is -0.480 e. The van der Waals surface area contributed by atoms with Crippen LogP contribution in [0.1, 0.15) is 23.7 Å². The van der Waals surface area contributed by atoms with Gasteiger partial charge in [-0.25, -0.2) is 19.2 Å². The van der Waals surface area contributed by atoms with Crippen LogP contribution in [0, 0.1) is 11.8 Å². The van der Waals surface area contributed by atoms with Crippen LogP contribution < -0.4 is 14.4 Å². The predicted octanol–water partition coefficient (Wildman–Crippen LogP) is 1.40. The van der Waals surface area contributed by atoms with E-state index in [0.717, 1.165) is 36.6 Å². The third-order valence-corrected chi connectivity index (χ3v) is 5.61. The van der Waals surface area contributed by atoms with Gasteiger partial charge in [-0.1, -0.05) is 18.8 Å². The molecule has 1 aliphatic heterocycles. The molecule has 1 fully saturated rings. The van der Waals surface area contributed by atoms with Crippen LogP contribution in [-0.2, 0) is 26.9 Å². The number of pyridine rings is 1. The second-order valence-electron chi connectivity index (χ2n) is 6.65. The first-order valence-corrected chi connectivity index (χ1v) is 11.3. The molecule has 31 heavy (non-hydrogen) atoms. The highest BCUT2D eigenvalue weighted by Crippen LogP contribution is 2.24. The number of aryl methyl sites for hydroxylation is 1. The number of morpholine rings is 1. The normalized spacial score (nSPS) is 14.5. The van der Waals surface area contributed by atoms with E-state index < -0.39 is 11.0 Å². The molecule has 1 aliphatic rings. The van der Waals surface area contributed by atoms with Crippen LogP contribution in [0.5, 0.6) is 5.88 Å². The van der Waals surface area contributed by atoms with Gasteiger partial charge in [0, 0.05) is 32.0 Å². The standard InChI is InChI=1S/C21H27N5O4S/c1-4-18-17(20(24-15-23-18)26-7-9-30-10-8-26)6-5-16-13-19(21(29-3)22-14-16)25-31(27)12-11-28-2/h13-15,25H,4,7-12H2,1-3H3. The molecule has 1 unspecified atom stereocenters. The average Bonchev–Trinajstić information content (AvgIpc) is 2.81. The van der Waals surface area contributed by atoms with Crippen LogP contribution in [0.4, 0.5) is 11.5 Å². The number of hydrogen-bond donors (Lipinski definition) is 1. The Labute approximate surface area is 185 Å². The van der Waals surface area contributed by atoms with Gasteiger partial charge in [-0.3, -0.25) is 0 Å². The predicted molar refractivity (Wildman–Crippen MR) is 120 cm³/mol. The second-order valence-corrected chi connectivity index (χ2v) is 7.95. The van der Waals surface area contributed by atoms with E-state index in [0.29, 0.717) is 42.7 Å². The Hall–Kier alpha value is -2.74. The van der Waals surface area contributed by atoms with Crippen molar-refractivity contribution in [3.63, 3.8) is 0 Å². The quantitative estimate of drug-likeness (QED) is 0.609. The average molecular weight is 446 g/mol. The van der Waals surface area contributed by atoms with Gasteiger partial charge in [0.15, 0.2) is 0 Å². The molecule has 3 heterocycles. The first-order valence-electron chi connectivity index (χ1n) is 10.0. The van der Waals surface area contributed by atoms with Gasteiger partial charge in [0.2, 0.25) is 5.88 Å². The van der Waals surface area contributed by atoms with E-state index in [1.165, 1.54) is 7.11 Å². The monoisotopic (exact) mass is 445 g/mol. The zero-order valence-corrected chi connectivity index (χ0v) is 18.8. The summed E-state index contributed by atoms with van der Waals surface area (Å²) in [4.78, 5) is 15.4. The number of methoxy groups -OCH3 is 2. The maximum absolute atomic E-state index is 12.2. The smallest absolute Gasteiger partial charge is 0.238 e. The van der Waals surface area contributed by atoms with Gasteiger partial charge in [0.1, 0.15) is 28.8 Å². The van der Waals surface area contributed by atoms with E-state index in [4.69, 9.17) is 14.2 Å². The number of nitrogens with zero attached hydrogens (tertiary/aromatic N) is 4. The summed E-state index contributed by atoms with van der Waals surface area (Å²) < 4.78 is 30.8. The fraction of sp³-hybridized carbons (Fsp3) is 0.476. The van der Waals surface area contributed by atoms with Crippen molar-refractivity contribution in [2.24, 2.45) is 0 Å². The van der Waals surface area contributed by atoms with Crippen molar-refractivity contribution in [2.75, 3.05) is 62.5 Å². The van der Waals surface area contributed by atoms with Crippen LogP contribution in [0.2, 0.25) is 0 Å². The molecule has 166 valence electrons. The van der Waals surface area contributed by atoms with Crippen molar-refractivity contribution < 1.29 is 18.4 Å². The first kappa shape index (κ1) is 22.9. The minimum absolute atomic E-state index is 0.347. The lowest BCUT2D eigenvalue weighted by molar-refractivity contribution is 0.122. The Morgan fingerprint density at radius 3 is 2.74 bits per heavy atom. The molecular weight excluding hydrogens is 418 g/mol. The van der Waals surface area contributed by atoms with Crippen molar-refractivity contribution in [2.45, 2.75) is 13.3 Å². The molecule has 0 aliphatic carbocycles. The summed E-state index contributed by atoms with van der Waals surface area (Å²) in [5, 5.41) is 0. The van der Waals surface area contributed by atoms with E-state index in [2.05, 4.69) is 36.4 Å². The molecule has 0 spiro atoms. The summed E-state index contributed by atoms with van der Waals surface area (Å²) in [6, 6.07) is 1.77. The highest BCUT2D eigenvalue weighted by atomic mass is 32.2. The summed E-state index contributed by atoms with van der Waals surface area (Å²) >= 11 is 0. The Kier molecular flexibility index (Phi) is 8.58. The molecule has 0 saturated carbocycles. The SMILES string of the molecule is CCc1ncnc(N2CCOCC2)c1C#Cc1cnc(OC)c(NS(=O)CCOC)c1. The van der Waals surface area contributed by atoms with Crippen LogP contribution in [0.15, 0.2) is 18.6 Å². The maximum Gasteiger partial charge on any atom is 0.238 e.